The van der Waals surface area contributed by atoms with E-state index in [0.717, 1.165) is 25.7 Å². The molecular weight excluding hydrogens is 450 g/mol. The number of nitrogens with one attached hydrogen (secondary N) is 3. The lowest BCUT2D eigenvalue weighted by Crippen LogP contribution is -2.39. The van der Waals surface area contributed by atoms with Crippen LogP contribution in [-0.2, 0) is 0 Å². The van der Waals surface area contributed by atoms with Crippen molar-refractivity contribution < 1.29 is 9.18 Å². The van der Waals surface area contributed by atoms with Gasteiger partial charge in [-0.05, 0) is 55.2 Å². The van der Waals surface area contributed by atoms with Gasteiger partial charge in [-0.1, -0.05) is 50.0 Å². The first-order valence-corrected chi connectivity index (χ1v) is 11.6. The first kappa shape index (κ1) is 22.9. The van der Waals surface area contributed by atoms with Gasteiger partial charge in [0.2, 0.25) is 5.95 Å². The van der Waals surface area contributed by atoms with Gasteiger partial charge >= 0.3 is 0 Å². The van der Waals surface area contributed by atoms with Crippen LogP contribution in [0.2, 0.25) is 10.0 Å². The van der Waals surface area contributed by atoms with E-state index in [1.165, 1.54) is 12.1 Å². The standard InChI is InChI=1S/C24H27Cl2FN4O/c1-24(2,3)13-7-9-14(10-8-13)28-22(32)15-11-19-20(12-18(15)27)30-23(29-19)31-21-16(25)5-4-6-17(21)26/h4-6,11-14H,7-10H2,1-3H3,(H,28,32)(H2,29,30,31). The molecule has 1 aliphatic rings. The van der Waals surface area contributed by atoms with Crippen LogP contribution in [0, 0.1) is 17.2 Å². The van der Waals surface area contributed by atoms with Crippen molar-refractivity contribution in [2.24, 2.45) is 11.3 Å². The van der Waals surface area contributed by atoms with Gasteiger partial charge in [0, 0.05) is 12.1 Å². The third-order valence-electron chi connectivity index (χ3n) is 6.31. The van der Waals surface area contributed by atoms with Gasteiger partial charge in [0.05, 0.1) is 32.3 Å². The molecule has 0 spiro atoms. The van der Waals surface area contributed by atoms with E-state index in [9.17, 15) is 9.18 Å². The van der Waals surface area contributed by atoms with Gasteiger partial charge in [-0.3, -0.25) is 4.79 Å². The summed E-state index contributed by atoms with van der Waals surface area (Å²) in [5.74, 6) is -0.00239. The Morgan fingerprint density at radius 1 is 1.12 bits per heavy atom. The monoisotopic (exact) mass is 476 g/mol. The summed E-state index contributed by atoms with van der Waals surface area (Å²) in [6.07, 6.45) is 3.95. The molecule has 1 amide bonds. The van der Waals surface area contributed by atoms with Crippen molar-refractivity contribution in [1.29, 1.82) is 0 Å². The fraction of sp³-hybridized carbons (Fsp3) is 0.417. The van der Waals surface area contributed by atoms with Crippen LogP contribution in [0.25, 0.3) is 11.0 Å². The fourth-order valence-electron chi connectivity index (χ4n) is 4.37. The van der Waals surface area contributed by atoms with Crippen molar-refractivity contribution >= 4 is 51.8 Å². The van der Waals surface area contributed by atoms with Crippen LogP contribution >= 0.6 is 23.2 Å². The fourth-order valence-corrected chi connectivity index (χ4v) is 4.86. The van der Waals surface area contributed by atoms with Gasteiger partial charge in [-0.25, -0.2) is 9.37 Å². The highest BCUT2D eigenvalue weighted by Gasteiger charge is 2.30. The van der Waals surface area contributed by atoms with Crippen LogP contribution in [0.3, 0.4) is 0 Å². The van der Waals surface area contributed by atoms with Crippen LogP contribution < -0.4 is 10.6 Å². The number of hydrogen-bond donors (Lipinski definition) is 3. The molecule has 5 nitrogen and oxygen atoms in total. The smallest absolute Gasteiger partial charge is 0.254 e. The maximum absolute atomic E-state index is 14.7. The molecule has 0 radical (unpaired) electrons. The van der Waals surface area contributed by atoms with Crippen LogP contribution in [0.4, 0.5) is 16.0 Å². The number of imidazole rings is 1. The molecule has 0 aliphatic heterocycles. The second-order valence-electron chi connectivity index (χ2n) is 9.54. The zero-order valence-corrected chi connectivity index (χ0v) is 19.9. The molecule has 1 fully saturated rings. The number of para-hydroxylation sites is 1. The molecule has 2 aromatic carbocycles. The van der Waals surface area contributed by atoms with Crippen LogP contribution in [0.15, 0.2) is 30.3 Å². The predicted octanol–water partition coefficient (Wildman–Crippen LogP) is 7.09. The van der Waals surface area contributed by atoms with Gasteiger partial charge in [-0.15, -0.1) is 0 Å². The summed E-state index contributed by atoms with van der Waals surface area (Å²) in [6, 6.07) is 7.97. The number of carbonyl (C=O) groups is 1. The summed E-state index contributed by atoms with van der Waals surface area (Å²) in [5.41, 5.74) is 1.70. The highest BCUT2D eigenvalue weighted by atomic mass is 35.5. The maximum atomic E-state index is 14.7. The minimum absolute atomic E-state index is 0.00993. The number of nitrogens with zero attached hydrogens (tertiary/aromatic N) is 1. The van der Waals surface area contributed by atoms with E-state index < -0.39 is 11.7 Å². The lowest BCUT2D eigenvalue weighted by molar-refractivity contribution is 0.0900. The summed E-state index contributed by atoms with van der Waals surface area (Å²) in [4.78, 5) is 20.2. The normalized spacial score (nSPS) is 19.2. The maximum Gasteiger partial charge on any atom is 0.254 e. The Balaban J connectivity index is 1.49. The van der Waals surface area contributed by atoms with Crippen molar-refractivity contribution in [3.63, 3.8) is 0 Å². The van der Waals surface area contributed by atoms with E-state index in [1.54, 1.807) is 18.2 Å². The number of amides is 1. The molecule has 3 N–H and O–H groups in total. The Bertz CT molecular complexity index is 1130. The van der Waals surface area contributed by atoms with E-state index in [2.05, 4.69) is 41.4 Å². The van der Waals surface area contributed by atoms with E-state index in [1.807, 2.05) is 0 Å². The third-order valence-corrected chi connectivity index (χ3v) is 6.94. The van der Waals surface area contributed by atoms with E-state index >= 15 is 0 Å². The Hall–Kier alpha value is -2.31. The minimum atomic E-state index is -0.593. The number of aromatic nitrogens is 2. The summed E-state index contributed by atoms with van der Waals surface area (Å²) in [7, 11) is 0. The number of anilines is 2. The average Bonchev–Trinajstić information content (AvgIpc) is 3.11. The molecule has 1 saturated carbocycles. The number of rotatable bonds is 4. The molecule has 32 heavy (non-hydrogen) atoms. The van der Waals surface area contributed by atoms with Crippen LogP contribution in [-0.4, -0.2) is 21.9 Å². The van der Waals surface area contributed by atoms with Gasteiger partial charge in [0.25, 0.3) is 5.91 Å². The van der Waals surface area contributed by atoms with Crippen molar-refractivity contribution in [2.45, 2.75) is 52.5 Å². The first-order chi connectivity index (χ1) is 15.1. The molecule has 8 heteroatoms. The summed E-state index contributed by atoms with van der Waals surface area (Å²) in [6.45, 7) is 6.77. The molecule has 1 heterocycles. The Kier molecular flexibility index (Phi) is 6.37. The number of benzene rings is 2. The van der Waals surface area contributed by atoms with Gasteiger partial charge in [-0.2, -0.15) is 0 Å². The van der Waals surface area contributed by atoms with Gasteiger partial charge in [0.15, 0.2) is 0 Å². The lowest BCUT2D eigenvalue weighted by Gasteiger charge is -2.37. The number of H-pyrrole nitrogens is 1. The van der Waals surface area contributed by atoms with Crippen molar-refractivity contribution in [2.75, 3.05) is 5.32 Å². The second kappa shape index (κ2) is 8.91. The SMILES string of the molecule is CC(C)(C)C1CCC(NC(=O)c2cc3nc(Nc4c(Cl)cccc4Cl)[nH]c3cc2F)CC1. The van der Waals surface area contributed by atoms with Crippen molar-refractivity contribution in [3.05, 3.63) is 51.8 Å². The summed E-state index contributed by atoms with van der Waals surface area (Å²) >= 11 is 12.4. The average molecular weight is 477 g/mol. The topological polar surface area (TPSA) is 69.8 Å². The zero-order chi connectivity index (χ0) is 23.0. The third kappa shape index (κ3) is 4.86. The number of aromatic amines is 1. The Morgan fingerprint density at radius 2 is 1.78 bits per heavy atom. The molecular formula is C24H27Cl2FN4O. The van der Waals surface area contributed by atoms with Crippen molar-refractivity contribution in [3.8, 4) is 0 Å². The quantitative estimate of drug-likeness (QED) is 0.376. The number of carbonyl (C=O) groups excluding carboxylic acids is 1. The van der Waals surface area contributed by atoms with Gasteiger partial charge < -0.3 is 15.6 Å². The molecule has 3 aromatic rings. The molecule has 0 saturated heterocycles. The minimum Gasteiger partial charge on any atom is -0.349 e. The molecule has 1 aromatic heterocycles. The molecule has 0 bridgehead atoms. The molecule has 0 atom stereocenters. The Morgan fingerprint density at radius 3 is 2.41 bits per heavy atom. The summed E-state index contributed by atoms with van der Waals surface area (Å²) in [5, 5.41) is 6.90. The predicted molar refractivity (Wildman–Crippen MR) is 128 cm³/mol. The largest absolute Gasteiger partial charge is 0.349 e. The van der Waals surface area contributed by atoms with Crippen molar-refractivity contribution in [1.82, 2.24) is 15.3 Å². The molecule has 1 aliphatic carbocycles. The molecule has 4 rings (SSSR count). The number of fused-ring (bicyclic) bond motifs is 1. The zero-order valence-electron chi connectivity index (χ0n) is 18.4. The molecule has 170 valence electrons. The van der Waals surface area contributed by atoms with Gasteiger partial charge in [0.1, 0.15) is 5.82 Å². The summed E-state index contributed by atoms with van der Waals surface area (Å²) < 4.78 is 14.7. The van der Waals surface area contributed by atoms with Crippen LogP contribution in [0.5, 0.6) is 0 Å². The second-order valence-corrected chi connectivity index (χ2v) is 10.4. The highest BCUT2D eigenvalue weighted by Crippen LogP contribution is 2.38. The number of hydrogen-bond acceptors (Lipinski definition) is 3. The van der Waals surface area contributed by atoms with Crippen LogP contribution in [0.1, 0.15) is 56.8 Å². The van der Waals surface area contributed by atoms with E-state index in [4.69, 9.17) is 23.2 Å². The van der Waals surface area contributed by atoms with E-state index in [0.29, 0.717) is 38.6 Å². The highest BCUT2D eigenvalue weighted by molar-refractivity contribution is 6.39. The van der Waals surface area contributed by atoms with E-state index in [-0.39, 0.29) is 17.0 Å². The molecule has 0 unspecified atom stereocenters. The Labute approximate surface area is 197 Å². The first-order valence-electron chi connectivity index (χ1n) is 10.8. The number of halogens is 3. The lowest BCUT2D eigenvalue weighted by atomic mass is 9.71.